The summed E-state index contributed by atoms with van der Waals surface area (Å²) in [5.74, 6) is 1.62. The van der Waals surface area contributed by atoms with Crippen molar-refractivity contribution < 1.29 is 0 Å². The average molecular weight is 280 g/mol. The van der Waals surface area contributed by atoms with Crippen molar-refractivity contribution in [3.8, 4) is 0 Å². The summed E-state index contributed by atoms with van der Waals surface area (Å²) >= 11 is 1.97. The van der Waals surface area contributed by atoms with Crippen LogP contribution in [-0.4, -0.2) is 11.5 Å². The largest absolute Gasteiger partial charge is 0.312 e. The van der Waals surface area contributed by atoms with Crippen LogP contribution in [0.5, 0.6) is 0 Å². The molecule has 1 heterocycles. The monoisotopic (exact) mass is 280 g/mol. The zero-order chi connectivity index (χ0) is 13.7. The Balaban J connectivity index is 2.11. The van der Waals surface area contributed by atoms with Gasteiger partial charge in [-0.3, -0.25) is 0 Å². The van der Waals surface area contributed by atoms with Crippen molar-refractivity contribution in [2.75, 3.05) is 6.54 Å². The van der Waals surface area contributed by atoms with Gasteiger partial charge >= 0.3 is 0 Å². The molecule has 108 valence electrons. The molecule has 1 fully saturated rings. The van der Waals surface area contributed by atoms with Crippen molar-refractivity contribution >= 4 is 11.3 Å². The number of nitrogens with zero attached hydrogens (tertiary/aromatic N) is 1. The number of hydrogen-bond donors (Lipinski definition) is 1. The number of aryl methyl sites for hydroxylation is 1. The highest BCUT2D eigenvalue weighted by atomic mass is 32.1. The third-order valence-electron chi connectivity index (χ3n) is 4.10. The summed E-state index contributed by atoms with van der Waals surface area (Å²) in [5.41, 5.74) is 1.36. The maximum Gasteiger partial charge on any atom is 0.0962 e. The number of aromatic nitrogens is 1. The van der Waals surface area contributed by atoms with Gasteiger partial charge < -0.3 is 5.32 Å². The second-order valence-corrected chi connectivity index (χ2v) is 7.04. The summed E-state index contributed by atoms with van der Waals surface area (Å²) in [6.07, 6.45) is 7.83. The molecule has 0 bridgehead atoms. The maximum absolute atomic E-state index is 4.99. The molecule has 0 radical (unpaired) electrons. The lowest BCUT2D eigenvalue weighted by molar-refractivity contribution is 0.343. The Kier molecular flexibility index (Phi) is 5.83. The number of hydrogen-bond acceptors (Lipinski definition) is 3. The van der Waals surface area contributed by atoms with Crippen molar-refractivity contribution in [2.45, 2.75) is 71.8 Å². The second kappa shape index (κ2) is 7.39. The van der Waals surface area contributed by atoms with Gasteiger partial charge in [-0.2, -0.15) is 0 Å². The van der Waals surface area contributed by atoms with Gasteiger partial charge in [0.05, 0.1) is 10.7 Å². The molecule has 2 rings (SSSR count). The molecule has 2 atom stereocenters. The van der Waals surface area contributed by atoms with Crippen LogP contribution in [0, 0.1) is 5.92 Å². The molecule has 1 aromatic heterocycles. The lowest BCUT2D eigenvalue weighted by Gasteiger charge is -2.24. The first-order valence-corrected chi connectivity index (χ1v) is 8.75. The summed E-state index contributed by atoms with van der Waals surface area (Å²) in [6.45, 7) is 8.86. The quantitative estimate of drug-likeness (QED) is 0.830. The Morgan fingerprint density at radius 2 is 2.16 bits per heavy atom. The van der Waals surface area contributed by atoms with E-state index in [9.17, 15) is 0 Å². The summed E-state index contributed by atoms with van der Waals surface area (Å²) in [5, 5.41) is 4.88. The highest BCUT2D eigenvalue weighted by molar-refractivity contribution is 7.11. The van der Waals surface area contributed by atoms with Crippen LogP contribution in [0.3, 0.4) is 0 Å². The third-order valence-corrected chi connectivity index (χ3v) is 5.36. The van der Waals surface area contributed by atoms with Gasteiger partial charge in [-0.25, -0.2) is 4.98 Å². The molecule has 1 aromatic rings. The van der Waals surface area contributed by atoms with E-state index in [-0.39, 0.29) is 0 Å². The first kappa shape index (κ1) is 15.0. The standard InChI is InChI=1S/C16H28N2S/c1-4-7-14-15(11-17-5-2)19-16(18-14)13-9-6-8-12(3)10-13/h12-13,17H,4-11H2,1-3H3. The Bertz CT molecular complexity index is 386. The van der Waals surface area contributed by atoms with Gasteiger partial charge in [-0.1, -0.05) is 40.0 Å². The predicted molar refractivity (Wildman–Crippen MR) is 83.9 cm³/mol. The molecule has 1 aliphatic carbocycles. The Labute approximate surface area is 122 Å². The van der Waals surface area contributed by atoms with Crippen LogP contribution < -0.4 is 5.32 Å². The fraction of sp³-hybridized carbons (Fsp3) is 0.812. The summed E-state index contributed by atoms with van der Waals surface area (Å²) in [7, 11) is 0. The van der Waals surface area contributed by atoms with Crippen LogP contribution in [-0.2, 0) is 13.0 Å². The number of rotatable bonds is 6. The number of thiazole rings is 1. The van der Waals surface area contributed by atoms with E-state index in [4.69, 9.17) is 4.98 Å². The summed E-state index contributed by atoms with van der Waals surface area (Å²) in [4.78, 5) is 6.47. The van der Waals surface area contributed by atoms with Crippen LogP contribution in [0.4, 0.5) is 0 Å². The van der Waals surface area contributed by atoms with Gasteiger partial charge in [0.25, 0.3) is 0 Å². The molecule has 0 amide bonds. The highest BCUT2D eigenvalue weighted by Gasteiger charge is 2.24. The highest BCUT2D eigenvalue weighted by Crippen LogP contribution is 2.38. The molecule has 0 aliphatic heterocycles. The zero-order valence-electron chi connectivity index (χ0n) is 12.7. The SMILES string of the molecule is CCCc1nc(C2CCCC(C)C2)sc1CNCC. The first-order valence-electron chi connectivity index (χ1n) is 7.93. The molecule has 0 aromatic carbocycles. The smallest absolute Gasteiger partial charge is 0.0962 e. The first-order chi connectivity index (χ1) is 9.24. The summed E-state index contributed by atoms with van der Waals surface area (Å²) in [6, 6.07) is 0. The Hall–Kier alpha value is -0.410. The molecule has 19 heavy (non-hydrogen) atoms. The predicted octanol–water partition coefficient (Wildman–Crippen LogP) is 4.50. The lowest BCUT2D eigenvalue weighted by atomic mass is 9.83. The maximum atomic E-state index is 4.99. The van der Waals surface area contributed by atoms with Gasteiger partial charge in [0.2, 0.25) is 0 Å². The van der Waals surface area contributed by atoms with Gasteiger partial charge in [-0.05, 0) is 31.7 Å². The zero-order valence-corrected chi connectivity index (χ0v) is 13.5. The van der Waals surface area contributed by atoms with E-state index in [1.165, 1.54) is 47.7 Å². The van der Waals surface area contributed by atoms with Crippen LogP contribution in [0.2, 0.25) is 0 Å². The topological polar surface area (TPSA) is 24.9 Å². The molecule has 0 saturated heterocycles. The molecule has 1 N–H and O–H groups in total. The van der Waals surface area contributed by atoms with Crippen LogP contribution in [0.1, 0.15) is 74.4 Å². The minimum absolute atomic E-state index is 0.736. The van der Waals surface area contributed by atoms with Crippen LogP contribution in [0.25, 0.3) is 0 Å². The molecular formula is C16H28N2S. The van der Waals surface area contributed by atoms with Gasteiger partial charge in [0.1, 0.15) is 0 Å². The van der Waals surface area contributed by atoms with E-state index >= 15 is 0 Å². The second-order valence-electron chi connectivity index (χ2n) is 5.92. The fourth-order valence-corrected chi connectivity index (χ4v) is 4.27. The lowest BCUT2D eigenvalue weighted by Crippen LogP contribution is -2.11. The Morgan fingerprint density at radius 3 is 2.84 bits per heavy atom. The minimum atomic E-state index is 0.736. The molecule has 2 unspecified atom stereocenters. The minimum Gasteiger partial charge on any atom is -0.312 e. The Morgan fingerprint density at radius 1 is 1.32 bits per heavy atom. The van der Waals surface area contributed by atoms with Crippen molar-refractivity contribution in [3.63, 3.8) is 0 Å². The third kappa shape index (κ3) is 4.03. The molecule has 2 nitrogen and oxygen atoms in total. The fourth-order valence-electron chi connectivity index (χ4n) is 3.05. The van der Waals surface area contributed by atoms with Crippen molar-refractivity contribution in [3.05, 3.63) is 15.6 Å². The molecule has 1 aliphatic rings. The van der Waals surface area contributed by atoms with Gasteiger partial charge in [0, 0.05) is 17.3 Å². The molecular weight excluding hydrogens is 252 g/mol. The van der Waals surface area contributed by atoms with Gasteiger partial charge in [0.15, 0.2) is 0 Å². The van der Waals surface area contributed by atoms with E-state index in [1.807, 2.05) is 11.3 Å². The van der Waals surface area contributed by atoms with Gasteiger partial charge in [-0.15, -0.1) is 11.3 Å². The van der Waals surface area contributed by atoms with E-state index < -0.39 is 0 Å². The van der Waals surface area contributed by atoms with E-state index in [0.29, 0.717) is 0 Å². The van der Waals surface area contributed by atoms with Crippen molar-refractivity contribution in [1.82, 2.24) is 10.3 Å². The number of nitrogens with one attached hydrogen (secondary N) is 1. The normalized spacial score (nSPS) is 23.7. The van der Waals surface area contributed by atoms with Crippen molar-refractivity contribution in [1.29, 1.82) is 0 Å². The molecule has 1 saturated carbocycles. The van der Waals surface area contributed by atoms with Crippen LogP contribution in [0.15, 0.2) is 0 Å². The van der Waals surface area contributed by atoms with E-state index in [2.05, 4.69) is 26.1 Å². The summed E-state index contributed by atoms with van der Waals surface area (Å²) < 4.78 is 0. The molecule has 3 heteroatoms. The van der Waals surface area contributed by atoms with Crippen molar-refractivity contribution in [2.24, 2.45) is 5.92 Å². The van der Waals surface area contributed by atoms with E-state index in [0.717, 1.165) is 31.3 Å². The van der Waals surface area contributed by atoms with E-state index in [1.54, 1.807) is 0 Å². The molecule has 0 spiro atoms. The average Bonchev–Trinajstić information content (AvgIpc) is 2.80. The van der Waals surface area contributed by atoms with Crippen LogP contribution >= 0.6 is 11.3 Å².